The Hall–Kier alpha value is -1.02. The molecule has 0 saturated carbocycles. The topological polar surface area (TPSA) is 80.8 Å². The van der Waals surface area contributed by atoms with Crippen LogP contribution in [-0.4, -0.2) is 53.9 Å². The summed E-state index contributed by atoms with van der Waals surface area (Å²) >= 11 is 18.7. The SMILES string of the molecule is COC(=O)C(C)(Cl)CC1(Cl)C(=O)N(S(=O)(=O)c2ccc(C)cc2)CC1CCl. The maximum absolute atomic E-state index is 13.0. The fraction of sp³-hybridized carbons (Fsp3) is 0.529. The predicted octanol–water partition coefficient (Wildman–Crippen LogP) is 2.92. The van der Waals surface area contributed by atoms with Crippen LogP contribution < -0.4 is 0 Å². The first-order valence-corrected chi connectivity index (χ1v) is 10.8. The number of amides is 1. The van der Waals surface area contributed by atoms with Crippen molar-refractivity contribution in [1.29, 1.82) is 0 Å². The molecule has 0 bridgehead atoms. The van der Waals surface area contributed by atoms with E-state index in [4.69, 9.17) is 34.8 Å². The lowest BCUT2D eigenvalue weighted by atomic mass is 9.86. The third-order valence-corrected chi connectivity index (χ3v) is 7.64. The van der Waals surface area contributed by atoms with Crippen LogP contribution in [0.4, 0.5) is 0 Å². The Morgan fingerprint density at radius 2 is 1.93 bits per heavy atom. The number of nitrogens with zero attached hydrogens (tertiary/aromatic N) is 1. The minimum atomic E-state index is -4.12. The highest BCUT2D eigenvalue weighted by atomic mass is 35.5. The monoisotopic (exact) mass is 455 g/mol. The van der Waals surface area contributed by atoms with Crippen molar-refractivity contribution in [2.24, 2.45) is 5.92 Å². The molecule has 150 valence electrons. The number of carbonyl (C=O) groups excluding carboxylic acids is 2. The second-order valence-electron chi connectivity index (χ2n) is 6.73. The van der Waals surface area contributed by atoms with Crippen LogP contribution in [0.25, 0.3) is 0 Å². The Morgan fingerprint density at radius 3 is 2.41 bits per heavy atom. The number of halogens is 3. The molecule has 2 rings (SSSR count). The predicted molar refractivity (Wildman–Crippen MR) is 104 cm³/mol. The summed E-state index contributed by atoms with van der Waals surface area (Å²) in [6.07, 6.45) is -0.327. The first-order chi connectivity index (χ1) is 12.4. The molecule has 1 amide bonds. The molecule has 1 saturated heterocycles. The van der Waals surface area contributed by atoms with E-state index < -0.39 is 37.6 Å². The zero-order valence-corrected chi connectivity index (χ0v) is 18.1. The standard InChI is InChI=1S/C17H20Cl3NO5S/c1-11-4-6-13(7-5-11)27(24,25)21-9-12(8-18)17(20,14(21)22)10-16(2,19)15(23)26-3/h4-7,12H,8-10H2,1-3H3. The van der Waals surface area contributed by atoms with E-state index in [0.717, 1.165) is 12.7 Å². The third kappa shape index (κ3) is 4.06. The van der Waals surface area contributed by atoms with E-state index >= 15 is 0 Å². The Balaban J connectivity index is 2.42. The van der Waals surface area contributed by atoms with E-state index in [2.05, 4.69) is 4.74 Å². The van der Waals surface area contributed by atoms with E-state index in [-0.39, 0.29) is 23.7 Å². The summed E-state index contributed by atoms with van der Waals surface area (Å²) in [5.74, 6) is -2.43. The molecule has 1 aliphatic rings. The number of esters is 1. The molecule has 10 heteroatoms. The van der Waals surface area contributed by atoms with Gasteiger partial charge >= 0.3 is 5.97 Å². The smallest absolute Gasteiger partial charge is 0.326 e. The number of hydrogen-bond acceptors (Lipinski definition) is 5. The lowest BCUT2D eigenvalue weighted by molar-refractivity contribution is -0.144. The quantitative estimate of drug-likeness (QED) is 0.486. The molecule has 3 atom stereocenters. The first kappa shape index (κ1) is 22.3. The summed E-state index contributed by atoms with van der Waals surface area (Å²) < 4.78 is 31.2. The molecule has 0 spiro atoms. The van der Waals surface area contributed by atoms with Gasteiger partial charge in [0.15, 0.2) is 0 Å². The second-order valence-corrected chi connectivity index (χ2v) is 10.4. The van der Waals surface area contributed by atoms with Crippen molar-refractivity contribution in [3.8, 4) is 0 Å². The molecule has 1 aliphatic heterocycles. The minimum absolute atomic E-state index is 0.0303. The molecular weight excluding hydrogens is 437 g/mol. The number of alkyl halides is 3. The molecule has 0 radical (unpaired) electrons. The van der Waals surface area contributed by atoms with Crippen molar-refractivity contribution in [1.82, 2.24) is 4.31 Å². The number of carbonyl (C=O) groups is 2. The number of benzene rings is 1. The van der Waals surface area contributed by atoms with Gasteiger partial charge in [0.25, 0.3) is 15.9 Å². The van der Waals surface area contributed by atoms with E-state index in [1.54, 1.807) is 12.1 Å². The van der Waals surface area contributed by atoms with E-state index in [1.807, 2.05) is 6.92 Å². The molecule has 1 fully saturated rings. The molecule has 0 N–H and O–H groups in total. The van der Waals surface area contributed by atoms with Gasteiger partial charge in [-0.25, -0.2) is 12.7 Å². The number of hydrogen-bond donors (Lipinski definition) is 0. The van der Waals surface area contributed by atoms with Crippen molar-refractivity contribution in [3.63, 3.8) is 0 Å². The van der Waals surface area contributed by atoms with Gasteiger partial charge in [-0.05, 0) is 26.0 Å². The average molecular weight is 457 g/mol. The maximum Gasteiger partial charge on any atom is 0.326 e. The Labute approximate surface area is 173 Å². The van der Waals surface area contributed by atoms with Crippen LogP contribution in [0.2, 0.25) is 0 Å². The lowest BCUT2D eigenvalue weighted by Crippen LogP contribution is -2.47. The Kier molecular flexibility index (Phi) is 6.41. The van der Waals surface area contributed by atoms with Crippen LogP contribution in [0.3, 0.4) is 0 Å². The molecule has 1 aromatic carbocycles. The molecular formula is C17H20Cl3NO5S. The molecule has 0 aliphatic carbocycles. The number of rotatable bonds is 6. The van der Waals surface area contributed by atoms with Crippen molar-refractivity contribution < 1.29 is 22.7 Å². The summed E-state index contributed by atoms with van der Waals surface area (Å²) in [4.78, 5) is 21.5. The van der Waals surface area contributed by atoms with E-state index in [1.165, 1.54) is 19.1 Å². The van der Waals surface area contributed by atoms with Crippen molar-refractivity contribution in [2.75, 3.05) is 19.5 Å². The van der Waals surface area contributed by atoms with Gasteiger partial charge in [-0.2, -0.15) is 0 Å². The average Bonchev–Trinajstić information content (AvgIpc) is 2.85. The van der Waals surface area contributed by atoms with Crippen LogP contribution in [0.15, 0.2) is 29.2 Å². The van der Waals surface area contributed by atoms with Gasteiger partial charge in [-0.15, -0.1) is 34.8 Å². The third-order valence-electron chi connectivity index (χ3n) is 4.61. The highest BCUT2D eigenvalue weighted by Crippen LogP contribution is 2.45. The fourth-order valence-corrected chi connectivity index (χ4v) is 5.87. The highest BCUT2D eigenvalue weighted by molar-refractivity contribution is 7.89. The van der Waals surface area contributed by atoms with Crippen LogP contribution in [0.1, 0.15) is 18.9 Å². The molecule has 3 unspecified atom stereocenters. The van der Waals surface area contributed by atoms with Crippen molar-refractivity contribution in [3.05, 3.63) is 29.8 Å². The molecule has 1 heterocycles. The van der Waals surface area contributed by atoms with E-state index in [0.29, 0.717) is 4.31 Å². The Bertz CT molecular complexity index is 841. The zero-order valence-electron chi connectivity index (χ0n) is 15.0. The van der Waals surface area contributed by atoms with Gasteiger partial charge < -0.3 is 4.74 Å². The number of methoxy groups -OCH3 is 1. The fourth-order valence-electron chi connectivity index (χ4n) is 3.01. The van der Waals surface area contributed by atoms with Gasteiger partial charge in [0.05, 0.1) is 12.0 Å². The number of sulfonamides is 1. The molecule has 1 aromatic rings. The van der Waals surface area contributed by atoms with Crippen LogP contribution in [0.5, 0.6) is 0 Å². The van der Waals surface area contributed by atoms with Crippen molar-refractivity contribution in [2.45, 2.75) is 34.9 Å². The lowest BCUT2D eigenvalue weighted by Gasteiger charge is -2.31. The van der Waals surface area contributed by atoms with Crippen LogP contribution in [-0.2, 0) is 24.3 Å². The number of aryl methyl sites for hydroxylation is 1. The molecule has 6 nitrogen and oxygen atoms in total. The summed E-state index contributed by atoms with van der Waals surface area (Å²) in [5, 5.41) is 0. The second kappa shape index (κ2) is 7.78. The number of ether oxygens (including phenoxy) is 1. The highest BCUT2D eigenvalue weighted by Gasteiger charge is 2.59. The minimum Gasteiger partial charge on any atom is -0.468 e. The molecule has 27 heavy (non-hydrogen) atoms. The van der Waals surface area contributed by atoms with Gasteiger partial charge in [0.1, 0.15) is 9.75 Å². The maximum atomic E-state index is 13.0. The van der Waals surface area contributed by atoms with Gasteiger partial charge in [0.2, 0.25) is 0 Å². The first-order valence-electron chi connectivity index (χ1n) is 8.06. The zero-order chi connectivity index (χ0) is 20.6. The Morgan fingerprint density at radius 1 is 1.37 bits per heavy atom. The van der Waals surface area contributed by atoms with Gasteiger partial charge in [0, 0.05) is 24.8 Å². The summed E-state index contributed by atoms with van der Waals surface area (Å²) in [6.45, 7) is 2.98. The largest absolute Gasteiger partial charge is 0.468 e. The van der Waals surface area contributed by atoms with E-state index in [9.17, 15) is 18.0 Å². The summed E-state index contributed by atoms with van der Waals surface area (Å²) in [6, 6.07) is 6.10. The summed E-state index contributed by atoms with van der Waals surface area (Å²) in [5.41, 5.74) is 0.878. The summed E-state index contributed by atoms with van der Waals surface area (Å²) in [7, 11) is -2.96. The van der Waals surface area contributed by atoms with Crippen molar-refractivity contribution >= 4 is 56.7 Å². The van der Waals surface area contributed by atoms with Crippen LogP contribution in [0, 0.1) is 12.8 Å². The molecule has 0 aromatic heterocycles. The van der Waals surface area contributed by atoms with Gasteiger partial charge in [-0.1, -0.05) is 17.7 Å². The van der Waals surface area contributed by atoms with Crippen LogP contribution >= 0.6 is 34.8 Å². The van der Waals surface area contributed by atoms with Gasteiger partial charge in [-0.3, -0.25) is 9.59 Å². The normalized spacial score (nSPS) is 25.3.